The van der Waals surface area contributed by atoms with E-state index in [1.54, 1.807) is 6.92 Å². The number of Topliss-reactive ketones (excluding diaryl/α,β-unsaturated/α-hetero) is 1. The maximum absolute atomic E-state index is 12.0. The molecule has 1 aliphatic rings. The Kier molecular flexibility index (Phi) is 4.98. The number of hydrogen-bond acceptors (Lipinski definition) is 6. The number of anilines is 1. The molecule has 0 saturated heterocycles. The fourth-order valence-corrected chi connectivity index (χ4v) is 3.20. The van der Waals surface area contributed by atoms with Crippen LogP contribution < -0.4 is 4.90 Å². The highest BCUT2D eigenvalue weighted by Crippen LogP contribution is 2.36. The van der Waals surface area contributed by atoms with Crippen molar-refractivity contribution in [1.29, 1.82) is 0 Å². The molecule has 2 rings (SSSR count). The molecule has 0 unspecified atom stereocenters. The van der Waals surface area contributed by atoms with E-state index in [1.807, 2.05) is 0 Å². The van der Waals surface area contributed by atoms with Crippen LogP contribution in [0.25, 0.3) is 0 Å². The molecule has 1 aliphatic carbocycles. The van der Waals surface area contributed by atoms with E-state index in [0.717, 1.165) is 24.5 Å². The lowest BCUT2D eigenvalue weighted by molar-refractivity contribution is 0.0517. The zero-order chi connectivity index (χ0) is 15.6. The fourth-order valence-electron chi connectivity index (χ4n) is 2.17. The van der Waals surface area contributed by atoms with Gasteiger partial charge in [-0.25, -0.2) is 9.78 Å². The van der Waals surface area contributed by atoms with Gasteiger partial charge in [0.05, 0.1) is 6.61 Å². The molecule has 1 fully saturated rings. The van der Waals surface area contributed by atoms with Crippen molar-refractivity contribution in [3.63, 3.8) is 0 Å². The SMILES string of the molecule is CCOC(=O)c1nc(N(CC(C)C)C2CC2)sc1C(C)=O. The summed E-state index contributed by atoms with van der Waals surface area (Å²) in [5.41, 5.74) is 0.166. The summed E-state index contributed by atoms with van der Waals surface area (Å²) in [5.74, 6) is -0.145. The van der Waals surface area contributed by atoms with Crippen LogP contribution in [0.15, 0.2) is 0 Å². The second-order valence-corrected chi connectivity index (χ2v) is 6.71. The molecule has 6 heteroatoms. The Morgan fingerprint density at radius 1 is 1.43 bits per heavy atom. The van der Waals surface area contributed by atoms with Crippen molar-refractivity contribution in [3.8, 4) is 0 Å². The summed E-state index contributed by atoms with van der Waals surface area (Å²) >= 11 is 1.30. The number of rotatable bonds is 7. The van der Waals surface area contributed by atoms with Gasteiger partial charge < -0.3 is 9.64 Å². The van der Waals surface area contributed by atoms with Crippen LogP contribution in [0, 0.1) is 5.92 Å². The summed E-state index contributed by atoms with van der Waals surface area (Å²) in [6.45, 7) is 8.68. The average molecular weight is 310 g/mol. The Hall–Kier alpha value is -1.43. The molecule has 0 aliphatic heterocycles. The molecule has 1 aromatic heterocycles. The highest BCUT2D eigenvalue weighted by molar-refractivity contribution is 7.17. The van der Waals surface area contributed by atoms with E-state index in [2.05, 4.69) is 23.7 Å². The first-order valence-electron chi connectivity index (χ1n) is 7.39. The monoisotopic (exact) mass is 310 g/mol. The summed E-state index contributed by atoms with van der Waals surface area (Å²) < 4.78 is 5.00. The minimum Gasteiger partial charge on any atom is -0.461 e. The largest absolute Gasteiger partial charge is 0.461 e. The summed E-state index contributed by atoms with van der Waals surface area (Å²) in [4.78, 5) is 30.8. The molecule has 0 atom stereocenters. The van der Waals surface area contributed by atoms with Crippen LogP contribution in [0.4, 0.5) is 5.13 Å². The molecule has 5 nitrogen and oxygen atoms in total. The molecule has 0 bridgehead atoms. The van der Waals surface area contributed by atoms with Gasteiger partial charge in [0.25, 0.3) is 0 Å². The Bertz CT molecular complexity index is 535. The first-order valence-corrected chi connectivity index (χ1v) is 8.21. The molecular weight excluding hydrogens is 288 g/mol. The van der Waals surface area contributed by atoms with E-state index in [1.165, 1.54) is 18.3 Å². The standard InChI is InChI=1S/C15H22N2O3S/c1-5-20-14(19)12-13(10(4)18)21-15(16-12)17(8-9(2)3)11-6-7-11/h9,11H,5-8H2,1-4H3. The quantitative estimate of drug-likeness (QED) is 0.572. The maximum atomic E-state index is 12.0. The number of nitrogens with zero attached hydrogens (tertiary/aromatic N) is 2. The molecule has 1 aromatic rings. The van der Waals surface area contributed by atoms with Crippen molar-refractivity contribution < 1.29 is 14.3 Å². The van der Waals surface area contributed by atoms with Crippen molar-refractivity contribution in [2.75, 3.05) is 18.1 Å². The Balaban J connectivity index is 2.33. The Morgan fingerprint density at radius 3 is 2.57 bits per heavy atom. The molecule has 1 saturated carbocycles. The van der Waals surface area contributed by atoms with E-state index in [4.69, 9.17) is 4.74 Å². The zero-order valence-electron chi connectivity index (χ0n) is 13.0. The van der Waals surface area contributed by atoms with Crippen molar-refractivity contribution >= 4 is 28.2 Å². The lowest BCUT2D eigenvalue weighted by Crippen LogP contribution is -2.29. The molecule has 0 aromatic carbocycles. The van der Waals surface area contributed by atoms with Crippen LogP contribution in [0.1, 0.15) is 60.7 Å². The highest BCUT2D eigenvalue weighted by Gasteiger charge is 2.33. The van der Waals surface area contributed by atoms with E-state index < -0.39 is 5.97 Å². The van der Waals surface area contributed by atoms with Crippen LogP contribution in [0.3, 0.4) is 0 Å². The van der Waals surface area contributed by atoms with E-state index in [0.29, 0.717) is 16.8 Å². The van der Waals surface area contributed by atoms with Gasteiger partial charge in [-0.2, -0.15) is 0 Å². The second-order valence-electron chi connectivity index (χ2n) is 5.73. The van der Waals surface area contributed by atoms with Gasteiger partial charge in [-0.1, -0.05) is 25.2 Å². The van der Waals surface area contributed by atoms with Crippen LogP contribution in [0.5, 0.6) is 0 Å². The zero-order valence-corrected chi connectivity index (χ0v) is 13.8. The third-order valence-corrected chi connectivity index (χ3v) is 4.39. The van der Waals surface area contributed by atoms with E-state index in [9.17, 15) is 9.59 Å². The first-order chi connectivity index (χ1) is 9.93. The van der Waals surface area contributed by atoms with Gasteiger partial charge in [-0.3, -0.25) is 4.79 Å². The predicted molar refractivity (Wildman–Crippen MR) is 83.3 cm³/mol. The minimum atomic E-state index is -0.509. The first kappa shape index (κ1) is 15.9. The van der Waals surface area contributed by atoms with Gasteiger partial charge in [0, 0.05) is 19.5 Å². The predicted octanol–water partition coefficient (Wildman–Crippen LogP) is 3.15. The van der Waals surface area contributed by atoms with E-state index >= 15 is 0 Å². The average Bonchev–Trinajstić information content (AvgIpc) is 3.13. The van der Waals surface area contributed by atoms with Crippen molar-refractivity contribution in [1.82, 2.24) is 4.98 Å². The third-order valence-electron chi connectivity index (χ3n) is 3.20. The lowest BCUT2D eigenvalue weighted by atomic mass is 10.2. The maximum Gasteiger partial charge on any atom is 0.358 e. The lowest BCUT2D eigenvalue weighted by Gasteiger charge is -2.23. The molecule has 21 heavy (non-hydrogen) atoms. The molecular formula is C15H22N2O3S. The second kappa shape index (κ2) is 6.56. The molecule has 116 valence electrons. The van der Waals surface area contributed by atoms with Crippen molar-refractivity contribution in [2.24, 2.45) is 5.92 Å². The third kappa shape index (κ3) is 3.81. The summed E-state index contributed by atoms with van der Waals surface area (Å²) in [7, 11) is 0. The van der Waals surface area contributed by atoms with Crippen LogP contribution >= 0.6 is 11.3 Å². The number of ether oxygens (including phenoxy) is 1. The smallest absolute Gasteiger partial charge is 0.358 e. The van der Waals surface area contributed by atoms with Gasteiger partial charge in [0.15, 0.2) is 16.6 Å². The van der Waals surface area contributed by atoms with Gasteiger partial charge in [0.2, 0.25) is 0 Å². The normalized spacial score (nSPS) is 14.3. The van der Waals surface area contributed by atoms with Gasteiger partial charge >= 0.3 is 5.97 Å². The van der Waals surface area contributed by atoms with Gasteiger partial charge in [0.1, 0.15) is 4.88 Å². The van der Waals surface area contributed by atoms with Crippen molar-refractivity contribution in [3.05, 3.63) is 10.6 Å². The summed E-state index contributed by atoms with van der Waals surface area (Å²) in [6.07, 6.45) is 2.30. The fraction of sp³-hybridized carbons (Fsp3) is 0.667. The van der Waals surface area contributed by atoms with Gasteiger partial charge in [-0.15, -0.1) is 0 Å². The summed E-state index contributed by atoms with van der Waals surface area (Å²) in [6, 6.07) is 0.494. The minimum absolute atomic E-state index is 0.137. The van der Waals surface area contributed by atoms with Gasteiger partial charge in [-0.05, 0) is 25.7 Å². The highest BCUT2D eigenvalue weighted by atomic mass is 32.1. The van der Waals surface area contributed by atoms with Crippen LogP contribution in [-0.4, -0.2) is 35.9 Å². The summed E-state index contributed by atoms with van der Waals surface area (Å²) in [5, 5.41) is 0.763. The Morgan fingerprint density at radius 2 is 2.10 bits per heavy atom. The number of hydrogen-bond donors (Lipinski definition) is 0. The molecule has 0 radical (unpaired) electrons. The number of esters is 1. The molecule has 0 N–H and O–H groups in total. The Labute approximate surface area is 129 Å². The number of carbonyl (C=O) groups is 2. The number of thiazole rings is 1. The molecule has 1 heterocycles. The number of carbonyl (C=O) groups excluding carboxylic acids is 2. The number of aromatic nitrogens is 1. The molecule has 0 spiro atoms. The van der Waals surface area contributed by atoms with Crippen molar-refractivity contribution in [2.45, 2.75) is 46.6 Å². The topological polar surface area (TPSA) is 59.5 Å². The van der Waals surface area contributed by atoms with Crippen LogP contribution in [0.2, 0.25) is 0 Å². The molecule has 0 amide bonds. The number of ketones is 1. The van der Waals surface area contributed by atoms with Crippen LogP contribution in [-0.2, 0) is 4.74 Å². The van der Waals surface area contributed by atoms with E-state index in [-0.39, 0.29) is 18.1 Å².